The monoisotopic (exact) mass is 453 g/mol. The molecular weight excluding hydrogens is 426 g/mol. The van der Waals surface area contributed by atoms with Crippen LogP contribution in [0.25, 0.3) is 5.69 Å². The summed E-state index contributed by atoms with van der Waals surface area (Å²) in [5.74, 6) is -0.395. The fraction of sp³-hybridized carbons (Fsp3) is 0.304. The summed E-state index contributed by atoms with van der Waals surface area (Å²) in [6, 6.07) is 17.6. The lowest BCUT2D eigenvalue weighted by molar-refractivity contribution is 0.102. The van der Waals surface area contributed by atoms with E-state index >= 15 is 0 Å². The van der Waals surface area contributed by atoms with E-state index < -0.39 is 15.9 Å². The van der Waals surface area contributed by atoms with Crippen molar-refractivity contribution in [2.45, 2.75) is 18.7 Å². The standard InChI is InChI=1S/C23H27N5O3S/c1-3-26-12-14-27(15-13-26)32(30,31)21-11-7-8-19(17-21)24-23(29)22-16-18(2)28(25-22)20-9-5-4-6-10-20/h4-11,16-17H,3,12-15H2,1-2H3,(H,24,29). The number of sulfonamides is 1. The number of nitrogens with zero attached hydrogens (tertiary/aromatic N) is 4. The third-order valence-corrected chi connectivity index (χ3v) is 7.52. The number of rotatable bonds is 6. The summed E-state index contributed by atoms with van der Waals surface area (Å²) in [5, 5.41) is 7.19. The number of nitrogens with one attached hydrogen (secondary N) is 1. The van der Waals surface area contributed by atoms with E-state index in [0.29, 0.717) is 18.8 Å². The van der Waals surface area contributed by atoms with Gasteiger partial charge in [-0.25, -0.2) is 13.1 Å². The molecule has 1 aromatic heterocycles. The zero-order valence-electron chi connectivity index (χ0n) is 18.2. The largest absolute Gasteiger partial charge is 0.321 e. The molecule has 9 heteroatoms. The minimum Gasteiger partial charge on any atom is -0.321 e. The summed E-state index contributed by atoms with van der Waals surface area (Å²) in [6.45, 7) is 7.22. The van der Waals surface area contributed by atoms with E-state index in [1.807, 2.05) is 37.3 Å². The Kier molecular flexibility index (Phi) is 6.40. The van der Waals surface area contributed by atoms with E-state index in [4.69, 9.17) is 0 Å². The fourth-order valence-corrected chi connectivity index (χ4v) is 5.25. The molecule has 1 fully saturated rings. The minimum absolute atomic E-state index is 0.172. The molecule has 0 saturated carbocycles. The lowest BCUT2D eigenvalue weighted by Crippen LogP contribution is -2.48. The normalized spacial score (nSPS) is 15.6. The van der Waals surface area contributed by atoms with Crippen molar-refractivity contribution in [1.82, 2.24) is 19.0 Å². The Morgan fingerprint density at radius 2 is 1.72 bits per heavy atom. The zero-order valence-corrected chi connectivity index (χ0v) is 19.0. The second-order valence-electron chi connectivity index (χ2n) is 7.74. The summed E-state index contributed by atoms with van der Waals surface area (Å²) in [6.07, 6.45) is 0. The quantitative estimate of drug-likeness (QED) is 0.620. The molecule has 1 N–H and O–H groups in total. The molecule has 1 aliphatic rings. The Balaban J connectivity index is 1.50. The molecule has 0 spiro atoms. The molecule has 1 amide bonds. The molecule has 2 aromatic carbocycles. The van der Waals surface area contributed by atoms with Gasteiger partial charge in [0.15, 0.2) is 5.69 Å². The highest BCUT2D eigenvalue weighted by Crippen LogP contribution is 2.22. The van der Waals surface area contributed by atoms with Gasteiger partial charge in [-0.1, -0.05) is 31.2 Å². The van der Waals surface area contributed by atoms with Crippen LogP contribution in [0.1, 0.15) is 23.1 Å². The van der Waals surface area contributed by atoms with Crippen molar-refractivity contribution < 1.29 is 13.2 Å². The molecule has 0 aliphatic carbocycles. The molecule has 3 aromatic rings. The lowest BCUT2D eigenvalue weighted by atomic mass is 10.3. The van der Waals surface area contributed by atoms with Crippen LogP contribution in [0.2, 0.25) is 0 Å². The Bertz CT molecular complexity index is 1200. The van der Waals surface area contributed by atoms with E-state index in [-0.39, 0.29) is 10.6 Å². The fourth-order valence-electron chi connectivity index (χ4n) is 3.78. The number of amides is 1. The van der Waals surface area contributed by atoms with Gasteiger partial charge < -0.3 is 10.2 Å². The van der Waals surface area contributed by atoms with Crippen LogP contribution in [-0.2, 0) is 10.0 Å². The van der Waals surface area contributed by atoms with Crippen molar-refractivity contribution >= 4 is 21.6 Å². The first kappa shape index (κ1) is 22.2. The Hall–Kier alpha value is -3.01. The smallest absolute Gasteiger partial charge is 0.276 e. The topological polar surface area (TPSA) is 87.5 Å². The Labute approximate surface area is 188 Å². The van der Waals surface area contributed by atoms with Gasteiger partial charge >= 0.3 is 0 Å². The molecule has 0 bridgehead atoms. The summed E-state index contributed by atoms with van der Waals surface area (Å²) < 4.78 is 29.4. The van der Waals surface area contributed by atoms with Crippen LogP contribution < -0.4 is 5.32 Å². The number of hydrogen-bond donors (Lipinski definition) is 1. The predicted molar refractivity (Wildman–Crippen MR) is 124 cm³/mol. The third kappa shape index (κ3) is 4.59. The first-order valence-corrected chi connectivity index (χ1v) is 12.1. The molecule has 32 heavy (non-hydrogen) atoms. The van der Waals surface area contributed by atoms with Crippen LogP contribution >= 0.6 is 0 Å². The van der Waals surface area contributed by atoms with Crippen molar-refractivity contribution in [2.24, 2.45) is 0 Å². The molecule has 1 aliphatic heterocycles. The summed E-state index contributed by atoms with van der Waals surface area (Å²) in [5.41, 5.74) is 2.36. The van der Waals surface area contributed by atoms with Gasteiger partial charge in [-0.05, 0) is 49.9 Å². The molecule has 8 nitrogen and oxygen atoms in total. The van der Waals surface area contributed by atoms with Gasteiger partial charge in [0, 0.05) is 37.6 Å². The number of carbonyl (C=O) groups is 1. The van der Waals surface area contributed by atoms with E-state index in [2.05, 4.69) is 22.2 Å². The van der Waals surface area contributed by atoms with Crippen LogP contribution in [0.5, 0.6) is 0 Å². The van der Waals surface area contributed by atoms with E-state index in [1.165, 1.54) is 10.4 Å². The molecule has 0 radical (unpaired) electrons. The van der Waals surface area contributed by atoms with Crippen molar-refractivity contribution in [3.05, 3.63) is 72.1 Å². The van der Waals surface area contributed by atoms with Crippen LogP contribution in [0.4, 0.5) is 5.69 Å². The van der Waals surface area contributed by atoms with Crippen molar-refractivity contribution in [2.75, 3.05) is 38.0 Å². The van der Waals surface area contributed by atoms with Crippen molar-refractivity contribution in [3.63, 3.8) is 0 Å². The van der Waals surface area contributed by atoms with E-state index in [0.717, 1.165) is 31.0 Å². The second kappa shape index (κ2) is 9.23. The highest BCUT2D eigenvalue weighted by Gasteiger charge is 2.28. The highest BCUT2D eigenvalue weighted by molar-refractivity contribution is 7.89. The zero-order chi connectivity index (χ0) is 22.7. The number of para-hydroxylation sites is 1. The van der Waals surface area contributed by atoms with Gasteiger partial charge in [0.2, 0.25) is 10.0 Å². The third-order valence-electron chi connectivity index (χ3n) is 5.63. The molecule has 0 unspecified atom stereocenters. The first-order valence-electron chi connectivity index (χ1n) is 10.6. The van der Waals surface area contributed by atoms with Gasteiger partial charge in [0.05, 0.1) is 10.6 Å². The van der Waals surface area contributed by atoms with Crippen LogP contribution in [-0.4, -0.2) is 66.0 Å². The van der Waals surface area contributed by atoms with Crippen molar-refractivity contribution in [1.29, 1.82) is 0 Å². The SMILES string of the molecule is CCN1CCN(S(=O)(=O)c2cccc(NC(=O)c3cc(C)n(-c4ccccc4)n3)c2)CC1. The summed E-state index contributed by atoms with van der Waals surface area (Å²) in [7, 11) is -3.62. The molecule has 168 valence electrons. The van der Waals surface area contributed by atoms with Gasteiger partial charge in [-0.15, -0.1) is 0 Å². The second-order valence-corrected chi connectivity index (χ2v) is 9.68. The maximum atomic E-state index is 13.1. The maximum absolute atomic E-state index is 13.1. The number of likely N-dealkylation sites (N-methyl/N-ethyl adjacent to an activating group) is 1. The number of hydrogen-bond acceptors (Lipinski definition) is 5. The maximum Gasteiger partial charge on any atom is 0.276 e. The number of aromatic nitrogens is 2. The number of benzene rings is 2. The van der Waals surface area contributed by atoms with Gasteiger partial charge in [-0.2, -0.15) is 9.40 Å². The molecule has 4 rings (SSSR count). The molecule has 0 atom stereocenters. The highest BCUT2D eigenvalue weighted by atomic mass is 32.2. The number of anilines is 1. The summed E-state index contributed by atoms with van der Waals surface area (Å²) >= 11 is 0. The molecule has 2 heterocycles. The number of aryl methyl sites for hydroxylation is 1. The molecular formula is C23H27N5O3S. The lowest BCUT2D eigenvalue weighted by Gasteiger charge is -2.33. The van der Waals surface area contributed by atoms with Crippen LogP contribution in [0, 0.1) is 6.92 Å². The molecule has 1 saturated heterocycles. The predicted octanol–water partition coefficient (Wildman–Crippen LogP) is 2.76. The van der Waals surface area contributed by atoms with Crippen LogP contribution in [0.3, 0.4) is 0 Å². The van der Waals surface area contributed by atoms with Crippen molar-refractivity contribution in [3.8, 4) is 5.69 Å². The average Bonchev–Trinajstić information content (AvgIpc) is 3.21. The average molecular weight is 454 g/mol. The van der Waals surface area contributed by atoms with E-state index in [9.17, 15) is 13.2 Å². The van der Waals surface area contributed by atoms with Gasteiger partial charge in [0.1, 0.15) is 0 Å². The number of carbonyl (C=O) groups excluding carboxylic acids is 1. The number of piperazine rings is 1. The minimum atomic E-state index is -3.62. The van der Waals surface area contributed by atoms with Gasteiger partial charge in [0.25, 0.3) is 5.91 Å². The summed E-state index contributed by atoms with van der Waals surface area (Å²) in [4.78, 5) is 15.2. The Morgan fingerprint density at radius 1 is 1.00 bits per heavy atom. The van der Waals surface area contributed by atoms with Crippen LogP contribution in [0.15, 0.2) is 65.6 Å². The Morgan fingerprint density at radius 3 is 2.41 bits per heavy atom. The first-order chi connectivity index (χ1) is 15.4. The van der Waals surface area contributed by atoms with E-state index in [1.54, 1.807) is 28.9 Å². The van der Waals surface area contributed by atoms with Gasteiger partial charge in [-0.3, -0.25) is 4.79 Å².